The van der Waals surface area contributed by atoms with Crippen LogP contribution in [0.5, 0.6) is 11.5 Å². The summed E-state index contributed by atoms with van der Waals surface area (Å²) in [7, 11) is -2.56. The molecule has 1 atom stereocenters. The number of hydrogen-bond acceptors (Lipinski definition) is 8. The molecule has 4 rings (SSSR count). The van der Waals surface area contributed by atoms with Crippen LogP contribution in [0.15, 0.2) is 60.8 Å². The molecule has 0 bridgehead atoms. The molecule has 1 amide bonds. The van der Waals surface area contributed by atoms with Gasteiger partial charge in [0.1, 0.15) is 28.4 Å². The standard InChI is InChI=1S/C32H34F4N4O6S/c1-30(2,3)47(43,44)39-16-22-15-25(40-27(19-8-10-23(33)11-9-19)28(22)46-18-32(34,35)36)31(4,42)17-38-29(41)21-13-20-7-6-12-37-26(20)24(14-21)45-5/h6-15,39,42H,16-18H2,1-5H3,(H,38,41)/t31-/m0/s1. The fraction of sp³-hybridized carbons (Fsp3) is 0.344. The minimum atomic E-state index is -4.77. The van der Waals surface area contributed by atoms with Crippen molar-refractivity contribution < 1.29 is 45.4 Å². The first-order chi connectivity index (χ1) is 21.8. The van der Waals surface area contributed by atoms with Crippen molar-refractivity contribution in [1.29, 1.82) is 0 Å². The third-order valence-corrected chi connectivity index (χ3v) is 9.24. The van der Waals surface area contributed by atoms with Crippen LogP contribution in [0, 0.1) is 5.82 Å². The molecule has 2 aromatic heterocycles. The molecule has 0 saturated carbocycles. The molecule has 15 heteroatoms. The fourth-order valence-electron chi connectivity index (χ4n) is 4.39. The number of carbonyl (C=O) groups is 1. The van der Waals surface area contributed by atoms with Gasteiger partial charge in [-0.2, -0.15) is 13.2 Å². The number of rotatable bonds is 11. The van der Waals surface area contributed by atoms with Crippen molar-refractivity contribution in [1.82, 2.24) is 20.0 Å². The second-order valence-electron chi connectivity index (χ2n) is 11.9. The van der Waals surface area contributed by atoms with E-state index < -0.39 is 63.7 Å². The molecule has 2 heterocycles. The number of sulfonamides is 1. The van der Waals surface area contributed by atoms with Crippen LogP contribution in [0.4, 0.5) is 17.6 Å². The molecule has 47 heavy (non-hydrogen) atoms. The van der Waals surface area contributed by atoms with E-state index in [2.05, 4.69) is 20.0 Å². The van der Waals surface area contributed by atoms with E-state index in [0.717, 1.165) is 12.1 Å². The number of ether oxygens (including phenoxy) is 2. The van der Waals surface area contributed by atoms with E-state index in [1.54, 1.807) is 24.4 Å². The summed E-state index contributed by atoms with van der Waals surface area (Å²) in [6.07, 6.45) is -3.19. The van der Waals surface area contributed by atoms with Crippen LogP contribution in [0.25, 0.3) is 22.2 Å². The maximum Gasteiger partial charge on any atom is 0.422 e. The van der Waals surface area contributed by atoms with Gasteiger partial charge in [-0.25, -0.2) is 22.5 Å². The minimum Gasteiger partial charge on any atom is -0.494 e. The van der Waals surface area contributed by atoms with E-state index in [1.165, 1.54) is 59.1 Å². The second-order valence-corrected chi connectivity index (χ2v) is 14.4. The highest BCUT2D eigenvalue weighted by molar-refractivity contribution is 7.90. The number of nitrogens with zero attached hydrogens (tertiary/aromatic N) is 2. The van der Waals surface area contributed by atoms with Crippen LogP contribution in [-0.4, -0.2) is 60.6 Å². The van der Waals surface area contributed by atoms with E-state index in [0.29, 0.717) is 16.7 Å². The zero-order valence-corrected chi connectivity index (χ0v) is 27.0. The lowest BCUT2D eigenvalue weighted by Crippen LogP contribution is -2.40. The Morgan fingerprint density at radius 3 is 2.32 bits per heavy atom. The lowest BCUT2D eigenvalue weighted by molar-refractivity contribution is -0.153. The Kier molecular flexibility index (Phi) is 10.1. The number of halogens is 4. The number of methoxy groups -OCH3 is 1. The van der Waals surface area contributed by atoms with Gasteiger partial charge < -0.3 is 19.9 Å². The first kappa shape index (κ1) is 35.5. The highest BCUT2D eigenvalue weighted by Gasteiger charge is 2.34. The number of aliphatic hydroxyl groups is 1. The fourth-order valence-corrected chi connectivity index (χ4v) is 5.17. The van der Waals surface area contributed by atoms with E-state index in [4.69, 9.17) is 9.47 Å². The number of hydrogen-bond donors (Lipinski definition) is 3. The number of carbonyl (C=O) groups excluding carboxylic acids is 1. The molecule has 10 nitrogen and oxygen atoms in total. The molecule has 252 valence electrons. The molecule has 0 aliphatic carbocycles. The normalized spacial score (nSPS) is 13.7. The Labute approximate surface area is 269 Å². The number of pyridine rings is 2. The number of benzene rings is 2. The van der Waals surface area contributed by atoms with Crippen LogP contribution < -0.4 is 19.5 Å². The Morgan fingerprint density at radius 2 is 1.70 bits per heavy atom. The van der Waals surface area contributed by atoms with E-state index >= 15 is 0 Å². The van der Waals surface area contributed by atoms with Crippen molar-refractivity contribution in [3.63, 3.8) is 0 Å². The quantitative estimate of drug-likeness (QED) is 0.183. The molecule has 0 unspecified atom stereocenters. The largest absolute Gasteiger partial charge is 0.494 e. The molecule has 2 aromatic carbocycles. The summed E-state index contributed by atoms with van der Waals surface area (Å²) in [5.74, 6) is -1.29. The molecule has 0 spiro atoms. The zero-order valence-electron chi connectivity index (χ0n) is 26.2. The van der Waals surface area contributed by atoms with Gasteiger partial charge >= 0.3 is 6.18 Å². The third-order valence-electron chi connectivity index (χ3n) is 7.10. The summed E-state index contributed by atoms with van der Waals surface area (Å²) < 4.78 is 91.1. The molecular formula is C32H34F4N4O6S. The summed E-state index contributed by atoms with van der Waals surface area (Å²) in [4.78, 5) is 21.9. The van der Waals surface area contributed by atoms with Crippen molar-refractivity contribution in [2.24, 2.45) is 0 Å². The number of fused-ring (bicyclic) bond motifs is 1. The second kappa shape index (κ2) is 13.4. The Hall–Kier alpha value is -4.34. The Morgan fingerprint density at radius 1 is 1.02 bits per heavy atom. The van der Waals surface area contributed by atoms with Gasteiger partial charge in [0.2, 0.25) is 10.0 Å². The maximum absolute atomic E-state index is 13.8. The van der Waals surface area contributed by atoms with Gasteiger partial charge in [-0.05, 0) is 76.2 Å². The smallest absolute Gasteiger partial charge is 0.422 e. The molecule has 0 fully saturated rings. The van der Waals surface area contributed by atoms with Crippen LogP contribution in [-0.2, 0) is 22.2 Å². The lowest BCUT2D eigenvalue weighted by Gasteiger charge is -2.27. The van der Waals surface area contributed by atoms with Crippen LogP contribution in [0.1, 0.15) is 49.3 Å². The van der Waals surface area contributed by atoms with Crippen molar-refractivity contribution in [2.45, 2.75) is 50.8 Å². The van der Waals surface area contributed by atoms with Gasteiger partial charge in [-0.3, -0.25) is 9.78 Å². The van der Waals surface area contributed by atoms with Gasteiger partial charge in [-0.15, -0.1) is 0 Å². The van der Waals surface area contributed by atoms with Gasteiger partial charge in [0.15, 0.2) is 12.4 Å². The van der Waals surface area contributed by atoms with Crippen molar-refractivity contribution >= 4 is 26.8 Å². The first-order valence-corrected chi connectivity index (χ1v) is 15.7. The van der Waals surface area contributed by atoms with Gasteiger partial charge in [0, 0.05) is 34.8 Å². The molecule has 0 radical (unpaired) electrons. The number of nitrogens with one attached hydrogen (secondary N) is 2. The number of aromatic nitrogens is 2. The van der Waals surface area contributed by atoms with E-state index in [1.807, 2.05) is 0 Å². The average Bonchev–Trinajstić information content (AvgIpc) is 3.00. The highest BCUT2D eigenvalue weighted by atomic mass is 32.2. The Bertz CT molecular complexity index is 1880. The summed E-state index contributed by atoms with van der Waals surface area (Å²) in [5, 5.41) is 14.8. The van der Waals surface area contributed by atoms with Crippen LogP contribution in [0.3, 0.4) is 0 Å². The molecule has 0 aliphatic heterocycles. The van der Waals surface area contributed by atoms with E-state index in [9.17, 15) is 35.9 Å². The molecule has 0 saturated heterocycles. The molecule has 4 aromatic rings. The molecular weight excluding hydrogens is 644 g/mol. The highest BCUT2D eigenvalue weighted by Crippen LogP contribution is 2.36. The monoisotopic (exact) mass is 678 g/mol. The van der Waals surface area contributed by atoms with Gasteiger partial charge in [0.25, 0.3) is 5.91 Å². The topological polar surface area (TPSA) is 140 Å². The molecule has 3 N–H and O–H groups in total. The zero-order chi connectivity index (χ0) is 34.8. The molecule has 0 aliphatic rings. The minimum absolute atomic E-state index is 0.0928. The lowest BCUT2D eigenvalue weighted by atomic mass is 9.97. The Balaban J connectivity index is 1.76. The maximum atomic E-state index is 13.8. The summed E-state index contributed by atoms with van der Waals surface area (Å²) in [5.41, 5.74) is -1.53. The van der Waals surface area contributed by atoms with Crippen molar-refractivity contribution in [3.05, 3.63) is 83.4 Å². The number of amides is 1. The average molecular weight is 679 g/mol. The first-order valence-electron chi connectivity index (χ1n) is 14.2. The van der Waals surface area contributed by atoms with Crippen molar-refractivity contribution in [2.75, 3.05) is 20.3 Å². The van der Waals surface area contributed by atoms with Gasteiger partial charge in [0.05, 0.1) is 24.1 Å². The van der Waals surface area contributed by atoms with Gasteiger partial charge in [-0.1, -0.05) is 6.07 Å². The van der Waals surface area contributed by atoms with E-state index in [-0.39, 0.29) is 28.1 Å². The number of alkyl halides is 3. The SMILES string of the molecule is COc1cc(C(=O)NC[C@](C)(O)c2cc(CNS(=O)(=O)C(C)(C)C)c(OCC(F)(F)F)c(-c3ccc(F)cc3)n2)cc2cccnc12. The summed E-state index contributed by atoms with van der Waals surface area (Å²) in [6.45, 7) is 2.93. The summed E-state index contributed by atoms with van der Waals surface area (Å²) >= 11 is 0. The van der Waals surface area contributed by atoms with Crippen molar-refractivity contribution in [3.8, 4) is 22.8 Å². The predicted molar refractivity (Wildman–Crippen MR) is 167 cm³/mol. The van der Waals surface area contributed by atoms with Crippen LogP contribution in [0.2, 0.25) is 0 Å². The summed E-state index contributed by atoms with van der Waals surface area (Å²) in [6, 6.07) is 12.3. The van der Waals surface area contributed by atoms with Crippen LogP contribution >= 0.6 is 0 Å². The third kappa shape index (κ3) is 8.53. The predicted octanol–water partition coefficient (Wildman–Crippen LogP) is 5.24.